The van der Waals surface area contributed by atoms with Crippen LogP contribution in [0.5, 0.6) is 0 Å². The van der Waals surface area contributed by atoms with Gasteiger partial charge in [-0.15, -0.1) is 0 Å². The molecule has 0 aromatic carbocycles. The molecule has 0 fully saturated rings. The van der Waals surface area contributed by atoms with E-state index in [1.54, 1.807) is 0 Å². The minimum absolute atomic E-state index is 0.104. The molecule has 0 rings (SSSR count). The van der Waals surface area contributed by atoms with E-state index in [0.717, 1.165) is 108 Å². The molecule has 0 bridgehead atoms. The molecule has 0 saturated heterocycles. The zero-order valence-corrected chi connectivity index (χ0v) is 66.0. The summed E-state index contributed by atoms with van der Waals surface area (Å²) in [5.41, 5.74) is 0. The molecule has 3 N–H and O–H groups in total. The van der Waals surface area contributed by atoms with Gasteiger partial charge in [-0.05, 0) is 43.4 Å². The molecule has 0 aliphatic rings. The van der Waals surface area contributed by atoms with Crippen LogP contribution in [0.25, 0.3) is 0 Å². The van der Waals surface area contributed by atoms with Crippen molar-refractivity contribution in [3.05, 3.63) is 0 Å². The van der Waals surface area contributed by atoms with Gasteiger partial charge >= 0.3 is 39.5 Å². The highest BCUT2D eigenvalue weighted by molar-refractivity contribution is 7.47. The van der Waals surface area contributed by atoms with Crippen LogP contribution in [0.1, 0.15) is 408 Å². The molecule has 0 aromatic heterocycles. The van der Waals surface area contributed by atoms with Crippen molar-refractivity contribution in [1.82, 2.24) is 0 Å². The second kappa shape index (κ2) is 69.4. The van der Waals surface area contributed by atoms with Crippen LogP contribution in [0.15, 0.2) is 0 Å². The van der Waals surface area contributed by atoms with Crippen molar-refractivity contribution in [1.29, 1.82) is 0 Å². The zero-order chi connectivity index (χ0) is 72.3. The van der Waals surface area contributed by atoms with Crippen molar-refractivity contribution in [3.8, 4) is 0 Å². The number of esters is 4. The number of aliphatic hydroxyl groups excluding tert-OH is 1. The molecule has 0 amide bonds. The molecular formula is C79H154O17P2. The minimum atomic E-state index is -4.96. The standard InChI is InChI=1S/C79H154O17P2/c1-8-9-10-11-12-13-14-15-16-17-18-19-20-25-28-31-41-48-55-62-78(83)95-74(66-89-76(81)60-53-46-39-30-27-24-22-21-23-26-29-36-43-50-57-70(2)3)68-93-97(85,86)91-64-73(80)65-92-98(87,88)94-69-75(96-79(84)63-56-49-42-35-33-38-45-52-59-72(6)7)67-90-77(82)61-54-47-40-34-32-37-44-51-58-71(4)5/h70-75,80H,8-69H2,1-7H3,(H,85,86)(H,87,88)/t73-,74-,75-/m1/s1. The summed E-state index contributed by atoms with van der Waals surface area (Å²) in [5.74, 6) is 0.128. The van der Waals surface area contributed by atoms with Crippen LogP contribution in [0.4, 0.5) is 0 Å². The summed E-state index contributed by atoms with van der Waals surface area (Å²) in [5, 5.41) is 10.6. The summed E-state index contributed by atoms with van der Waals surface area (Å²) >= 11 is 0. The maximum Gasteiger partial charge on any atom is 0.472 e. The topological polar surface area (TPSA) is 237 Å². The number of hydrogen-bond donors (Lipinski definition) is 3. The lowest BCUT2D eigenvalue weighted by atomic mass is 10.0. The van der Waals surface area contributed by atoms with Gasteiger partial charge in [0, 0.05) is 25.7 Å². The van der Waals surface area contributed by atoms with Crippen LogP contribution >= 0.6 is 15.6 Å². The van der Waals surface area contributed by atoms with E-state index >= 15 is 0 Å². The molecule has 5 atom stereocenters. The second-order valence-corrected chi connectivity index (χ2v) is 32.8. The van der Waals surface area contributed by atoms with Gasteiger partial charge in [-0.25, -0.2) is 9.13 Å². The Morgan fingerprint density at radius 3 is 0.694 bits per heavy atom. The molecule has 2 unspecified atom stereocenters. The highest BCUT2D eigenvalue weighted by Gasteiger charge is 2.30. The summed E-state index contributed by atoms with van der Waals surface area (Å²) in [4.78, 5) is 72.9. The van der Waals surface area contributed by atoms with Crippen LogP contribution in [-0.2, 0) is 65.4 Å². The molecule has 0 heterocycles. The molecule has 98 heavy (non-hydrogen) atoms. The van der Waals surface area contributed by atoms with Crippen molar-refractivity contribution >= 4 is 39.5 Å². The first-order valence-electron chi connectivity index (χ1n) is 40.8. The highest BCUT2D eigenvalue weighted by atomic mass is 31.2. The van der Waals surface area contributed by atoms with Gasteiger partial charge in [0.05, 0.1) is 26.4 Å². The van der Waals surface area contributed by atoms with Crippen molar-refractivity contribution in [2.75, 3.05) is 39.6 Å². The summed E-state index contributed by atoms with van der Waals surface area (Å²) in [7, 11) is -9.92. The molecule has 0 radical (unpaired) electrons. The molecule has 0 aliphatic heterocycles. The largest absolute Gasteiger partial charge is 0.472 e. The Labute approximate surface area is 600 Å². The SMILES string of the molecule is CCCCCCCCCCCCCCCCCCCCCC(=O)O[C@H](COC(=O)CCCCCCCCCCCCCCCCC(C)C)COP(=O)(O)OC[C@@H](O)COP(=O)(O)OC[C@@H](COC(=O)CCCCCCCCCCC(C)C)OC(=O)CCCCCCCCCCC(C)C. The number of phosphoric ester groups is 2. The molecule has 0 spiro atoms. The molecule has 0 aliphatic carbocycles. The summed E-state index contributed by atoms with van der Waals surface area (Å²) in [6.07, 6.45) is 57.0. The predicted octanol–water partition coefficient (Wildman–Crippen LogP) is 23.4. The number of aliphatic hydroxyl groups is 1. The van der Waals surface area contributed by atoms with Crippen LogP contribution < -0.4 is 0 Å². The van der Waals surface area contributed by atoms with Gasteiger partial charge < -0.3 is 33.8 Å². The van der Waals surface area contributed by atoms with Gasteiger partial charge in [0.1, 0.15) is 19.3 Å². The van der Waals surface area contributed by atoms with Crippen molar-refractivity contribution in [2.45, 2.75) is 426 Å². The van der Waals surface area contributed by atoms with Gasteiger partial charge in [-0.3, -0.25) is 37.3 Å². The van der Waals surface area contributed by atoms with E-state index in [-0.39, 0.29) is 25.7 Å². The third-order valence-electron chi connectivity index (χ3n) is 18.4. The van der Waals surface area contributed by atoms with Gasteiger partial charge in [-0.2, -0.15) is 0 Å². The second-order valence-electron chi connectivity index (χ2n) is 29.9. The van der Waals surface area contributed by atoms with E-state index in [4.69, 9.17) is 37.0 Å². The van der Waals surface area contributed by atoms with Crippen LogP contribution in [0.2, 0.25) is 0 Å². The Kier molecular flexibility index (Phi) is 68.1. The monoisotopic (exact) mass is 1440 g/mol. The van der Waals surface area contributed by atoms with E-state index in [1.165, 1.54) is 218 Å². The van der Waals surface area contributed by atoms with E-state index < -0.39 is 97.5 Å². The Morgan fingerprint density at radius 2 is 0.469 bits per heavy atom. The quantitative estimate of drug-likeness (QED) is 0.0222. The molecule has 582 valence electrons. The van der Waals surface area contributed by atoms with Crippen LogP contribution in [0.3, 0.4) is 0 Å². The van der Waals surface area contributed by atoms with Crippen LogP contribution in [-0.4, -0.2) is 96.7 Å². The van der Waals surface area contributed by atoms with Gasteiger partial charge in [0.2, 0.25) is 0 Å². The first kappa shape index (κ1) is 96.1. The summed E-state index contributed by atoms with van der Waals surface area (Å²) in [6.45, 7) is 11.9. The lowest BCUT2D eigenvalue weighted by molar-refractivity contribution is -0.161. The normalized spacial score (nSPS) is 14.0. The number of carbonyl (C=O) groups excluding carboxylic acids is 4. The summed E-state index contributed by atoms with van der Waals surface area (Å²) < 4.78 is 68.6. The Hall–Kier alpha value is -1.94. The molecule has 17 nitrogen and oxygen atoms in total. The van der Waals surface area contributed by atoms with Crippen LogP contribution in [0, 0.1) is 17.8 Å². The lowest BCUT2D eigenvalue weighted by Gasteiger charge is -2.21. The number of hydrogen-bond acceptors (Lipinski definition) is 15. The Morgan fingerprint density at radius 1 is 0.276 bits per heavy atom. The lowest BCUT2D eigenvalue weighted by Crippen LogP contribution is -2.30. The van der Waals surface area contributed by atoms with E-state index in [0.29, 0.717) is 25.7 Å². The number of rotatable bonds is 77. The molecular weight excluding hydrogens is 1280 g/mol. The fraction of sp³-hybridized carbons (Fsp3) is 0.949. The number of phosphoric acid groups is 2. The zero-order valence-electron chi connectivity index (χ0n) is 64.3. The maximum absolute atomic E-state index is 13.1. The van der Waals surface area contributed by atoms with Crippen molar-refractivity contribution in [3.63, 3.8) is 0 Å². The van der Waals surface area contributed by atoms with Crippen molar-refractivity contribution in [2.24, 2.45) is 17.8 Å². The minimum Gasteiger partial charge on any atom is -0.462 e. The number of ether oxygens (including phenoxy) is 4. The van der Waals surface area contributed by atoms with E-state index in [2.05, 4.69) is 48.5 Å². The first-order valence-corrected chi connectivity index (χ1v) is 43.8. The molecule has 19 heteroatoms. The summed E-state index contributed by atoms with van der Waals surface area (Å²) in [6, 6.07) is 0. The predicted molar refractivity (Wildman–Crippen MR) is 400 cm³/mol. The third-order valence-corrected chi connectivity index (χ3v) is 20.3. The van der Waals surface area contributed by atoms with Crippen molar-refractivity contribution < 1.29 is 80.2 Å². The number of carbonyl (C=O) groups is 4. The Bertz CT molecular complexity index is 1900. The average molecular weight is 1440 g/mol. The first-order chi connectivity index (χ1) is 47.2. The number of unbranched alkanes of at least 4 members (excludes halogenated alkanes) is 45. The fourth-order valence-corrected chi connectivity index (χ4v) is 13.7. The Balaban J connectivity index is 5.23. The fourth-order valence-electron chi connectivity index (χ4n) is 12.1. The van der Waals surface area contributed by atoms with Gasteiger partial charge in [0.25, 0.3) is 0 Å². The molecule has 0 aromatic rings. The van der Waals surface area contributed by atoms with Gasteiger partial charge in [0.15, 0.2) is 12.2 Å². The van der Waals surface area contributed by atoms with E-state index in [1.807, 2.05) is 0 Å². The highest BCUT2D eigenvalue weighted by Crippen LogP contribution is 2.45. The third kappa shape index (κ3) is 72.4. The van der Waals surface area contributed by atoms with Gasteiger partial charge in [-0.1, -0.05) is 357 Å². The maximum atomic E-state index is 13.1. The average Bonchev–Trinajstić information content (AvgIpc) is 1.02. The molecule has 0 saturated carbocycles. The smallest absolute Gasteiger partial charge is 0.462 e. The van der Waals surface area contributed by atoms with E-state index in [9.17, 15) is 43.2 Å².